The fourth-order valence-electron chi connectivity index (χ4n) is 2.70. The molecule has 2 amide bonds. The van der Waals surface area contributed by atoms with E-state index >= 15 is 0 Å². The number of thiocarbonyl (C=S) groups is 1. The van der Waals surface area contributed by atoms with E-state index in [1.54, 1.807) is 24.3 Å². The van der Waals surface area contributed by atoms with Gasteiger partial charge in [0.1, 0.15) is 4.88 Å². The molecular weight excluding hydrogens is 426 g/mol. The summed E-state index contributed by atoms with van der Waals surface area (Å²) in [6, 6.07) is 14.5. The number of halogens is 1. The van der Waals surface area contributed by atoms with Crippen LogP contribution in [0.3, 0.4) is 0 Å². The largest absolute Gasteiger partial charge is 0.352 e. The van der Waals surface area contributed by atoms with Crippen LogP contribution in [0.4, 0.5) is 5.69 Å². The number of carbonyl (C=O) groups excluding carboxylic acids is 2. The van der Waals surface area contributed by atoms with Crippen LogP contribution in [0.5, 0.6) is 0 Å². The highest BCUT2D eigenvalue weighted by Crippen LogP contribution is 2.34. The van der Waals surface area contributed by atoms with Crippen molar-refractivity contribution in [1.82, 2.24) is 10.6 Å². The minimum Gasteiger partial charge on any atom is -0.352 e. The van der Waals surface area contributed by atoms with Gasteiger partial charge >= 0.3 is 0 Å². The topological polar surface area (TPSA) is 70.2 Å². The van der Waals surface area contributed by atoms with E-state index in [2.05, 4.69) is 22.9 Å². The first-order valence-electron chi connectivity index (χ1n) is 9.17. The van der Waals surface area contributed by atoms with Crippen molar-refractivity contribution in [2.24, 2.45) is 0 Å². The van der Waals surface area contributed by atoms with Gasteiger partial charge in [-0.05, 0) is 42.9 Å². The molecule has 3 aromatic rings. The van der Waals surface area contributed by atoms with Crippen molar-refractivity contribution in [3.63, 3.8) is 0 Å². The van der Waals surface area contributed by atoms with Gasteiger partial charge in [0.05, 0.1) is 5.02 Å². The Kier molecular flexibility index (Phi) is 7.19. The molecular formula is C21H20ClN3O2S2. The molecule has 29 heavy (non-hydrogen) atoms. The van der Waals surface area contributed by atoms with Crippen molar-refractivity contribution in [3.05, 3.63) is 64.0 Å². The standard InChI is InChI=1S/C21H20ClN3O2S2/c1-2-3-11-23-19(26)13-7-6-8-14(12-13)24-21(28)25-20(27)18-17(22)15-9-4-5-10-16(15)29-18/h4-10,12H,2-3,11H2,1H3,(H,23,26)(H2,24,25,27,28). The van der Waals surface area contributed by atoms with Crippen LogP contribution in [-0.4, -0.2) is 23.5 Å². The molecule has 2 aromatic carbocycles. The second kappa shape index (κ2) is 9.82. The summed E-state index contributed by atoms with van der Waals surface area (Å²) in [6.07, 6.45) is 1.94. The molecule has 150 valence electrons. The number of rotatable bonds is 6. The van der Waals surface area contributed by atoms with Gasteiger partial charge in [-0.1, -0.05) is 49.2 Å². The highest BCUT2D eigenvalue weighted by molar-refractivity contribution is 7.80. The minimum absolute atomic E-state index is 0.132. The summed E-state index contributed by atoms with van der Waals surface area (Å²) in [5.41, 5.74) is 1.13. The first-order valence-corrected chi connectivity index (χ1v) is 10.8. The van der Waals surface area contributed by atoms with Crippen molar-refractivity contribution >= 4 is 67.9 Å². The highest BCUT2D eigenvalue weighted by Gasteiger charge is 2.18. The fourth-order valence-corrected chi connectivity index (χ4v) is 4.32. The lowest BCUT2D eigenvalue weighted by Crippen LogP contribution is -2.33. The van der Waals surface area contributed by atoms with E-state index in [4.69, 9.17) is 23.8 Å². The predicted octanol–water partition coefficient (Wildman–Crippen LogP) is 5.21. The van der Waals surface area contributed by atoms with Crippen LogP contribution in [0.1, 0.15) is 39.8 Å². The Labute approximate surface area is 183 Å². The second-order valence-electron chi connectivity index (χ2n) is 6.34. The SMILES string of the molecule is CCCCNC(=O)c1cccc(NC(=S)NC(=O)c2sc3ccccc3c2Cl)c1. The average molecular weight is 446 g/mol. The smallest absolute Gasteiger partial charge is 0.269 e. The van der Waals surface area contributed by atoms with Gasteiger partial charge < -0.3 is 10.6 Å². The van der Waals surface area contributed by atoms with E-state index in [9.17, 15) is 9.59 Å². The Balaban J connectivity index is 1.64. The Bertz CT molecular complexity index is 1070. The van der Waals surface area contributed by atoms with Crippen LogP contribution >= 0.6 is 35.2 Å². The van der Waals surface area contributed by atoms with Gasteiger partial charge in [-0.15, -0.1) is 11.3 Å². The summed E-state index contributed by atoms with van der Waals surface area (Å²) in [6.45, 7) is 2.70. The molecule has 0 spiro atoms. The van der Waals surface area contributed by atoms with Gasteiger partial charge in [-0.2, -0.15) is 0 Å². The zero-order valence-corrected chi connectivity index (χ0v) is 18.1. The summed E-state index contributed by atoms with van der Waals surface area (Å²) in [5, 5.41) is 9.84. The Morgan fingerprint density at radius 3 is 2.66 bits per heavy atom. The molecule has 0 unspecified atom stereocenters. The number of anilines is 1. The van der Waals surface area contributed by atoms with Gasteiger partial charge in [-0.25, -0.2) is 0 Å². The number of nitrogens with one attached hydrogen (secondary N) is 3. The monoisotopic (exact) mass is 445 g/mol. The molecule has 5 nitrogen and oxygen atoms in total. The molecule has 0 saturated heterocycles. The zero-order chi connectivity index (χ0) is 20.8. The number of benzene rings is 2. The molecule has 0 radical (unpaired) electrons. The molecule has 0 saturated carbocycles. The summed E-state index contributed by atoms with van der Waals surface area (Å²) in [5.74, 6) is -0.517. The van der Waals surface area contributed by atoms with E-state index in [0.29, 0.717) is 27.7 Å². The maximum absolute atomic E-state index is 12.6. The van der Waals surface area contributed by atoms with E-state index in [-0.39, 0.29) is 16.9 Å². The quantitative estimate of drug-likeness (QED) is 0.359. The lowest BCUT2D eigenvalue weighted by atomic mass is 10.2. The van der Waals surface area contributed by atoms with E-state index in [0.717, 1.165) is 22.9 Å². The molecule has 8 heteroatoms. The number of unbranched alkanes of at least 4 members (excludes halogenated alkanes) is 1. The summed E-state index contributed by atoms with van der Waals surface area (Å²) < 4.78 is 0.934. The molecule has 0 fully saturated rings. The minimum atomic E-state index is -0.373. The summed E-state index contributed by atoms with van der Waals surface area (Å²) in [7, 11) is 0. The van der Waals surface area contributed by atoms with Gasteiger partial charge in [-0.3, -0.25) is 14.9 Å². The first-order chi connectivity index (χ1) is 14.0. The van der Waals surface area contributed by atoms with Crippen molar-refractivity contribution in [2.75, 3.05) is 11.9 Å². The van der Waals surface area contributed by atoms with Crippen molar-refractivity contribution in [3.8, 4) is 0 Å². The lowest BCUT2D eigenvalue weighted by molar-refractivity contribution is 0.0951. The van der Waals surface area contributed by atoms with Crippen molar-refractivity contribution in [1.29, 1.82) is 0 Å². The van der Waals surface area contributed by atoms with E-state index in [1.165, 1.54) is 11.3 Å². The first kappa shape index (κ1) is 21.2. The number of carbonyl (C=O) groups is 2. The molecule has 0 bridgehead atoms. The fraction of sp³-hybridized carbons (Fsp3) is 0.190. The van der Waals surface area contributed by atoms with Gasteiger partial charge in [0, 0.05) is 27.9 Å². The maximum atomic E-state index is 12.6. The summed E-state index contributed by atoms with van der Waals surface area (Å²) in [4.78, 5) is 25.2. The molecule has 3 rings (SSSR count). The molecule has 0 atom stereocenters. The van der Waals surface area contributed by atoms with Crippen LogP contribution in [-0.2, 0) is 0 Å². The van der Waals surface area contributed by atoms with Gasteiger partial charge in [0.15, 0.2) is 5.11 Å². The third kappa shape index (κ3) is 5.32. The number of hydrogen-bond donors (Lipinski definition) is 3. The predicted molar refractivity (Wildman–Crippen MR) is 124 cm³/mol. The van der Waals surface area contributed by atoms with Crippen LogP contribution in [0.25, 0.3) is 10.1 Å². The maximum Gasteiger partial charge on any atom is 0.269 e. The number of amides is 2. The Morgan fingerprint density at radius 2 is 1.90 bits per heavy atom. The number of hydrogen-bond acceptors (Lipinski definition) is 4. The number of fused-ring (bicyclic) bond motifs is 1. The molecule has 0 aliphatic carbocycles. The summed E-state index contributed by atoms with van der Waals surface area (Å²) >= 11 is 12.9. The van der Waals surface area contributed by atoms with Crippen LogP contribution in [0.15, 0.2) is 48.5 Å². The second-order valence-corrected chi connectivity index (χ2v) is 8.18. The third-order valence-electron chi connectivity index (χ3n) is 4.17. The molecule has 0 aliphatic heterocycles. The number of thiophene rings is 1. The lowest BCUT2D eigenvalue weighted by Gasteiger charge is -2.10. The highest BCUT2D eigenvalue weighted by atomic mass is 35.5. The van der Waals surface area contributed by atoms with Crippen LogP contribution in [0.2, 0.25) is 5.02 Å². The van der Waals surface area contributed by atoms with Gasteiger partial charge in [0.2, 0.25) is 0 Å². The Morgan fingerprint density at radius 1 is 1.10 bits per heavy atom. The van der Waals surface area contributed by atoms with Crippen LogP contribution < -0.4 is 16.0 Å². The van der Waals surface area contributed by atoms with Gasteiger partial charge in [0.25, 0.3) is 11.8 Å². The molecule has 1 aromatic heterocycles. The average Bonchev–Trinajstić information content (AvgIpc) is 3.05. The normalized spacial score (nSPS) is 10.6. The van der Waals surface area contributed by atoms with Crippen LogP contribution in [0, 0.1) is 0 Å². The van der Waals surface area contributed by atoms with E-state index < -0.39 is 0 Å². The molecule has 1 heterocycles. The Hall–Kier alpha value is -2.48. The third-order valence-corrected chi connectivity index (χ3v) is 6.05. The van der Waals surface area contributed by atoms with E-state index in [1.807, 2.05) is 24.3 Å². The van der Waals surface area contributed by atoms with Crippen molar-refractivity contribution in [2.45, 2.75) is 19.8 Å². The molecule has 0 aliphatic rings. The van der Waals surface area contributed by atoms with Crippen molar-refractivity contribution < 1.29 is 9.59 Å². The zero-order valence-electron chi connectivity index (χ0n) is 15.8. The molecule has 3 N–H and O–H groups in total.